The number of halogens is 1. The van der Waals surface area contributed by atoms with E-state index in [4.69, 9.17) is 9.84 Å². The fourth-order valence-corrected chi connectivity index (χ4v) is 2.18. The smallest absolute Gasteiger partial charge is 0.170 e. The van der Waals surface area contributed by atoms with E-state index in [9.17, 15) is 9.18 Å². The van der Waals surface area contributed by atoms with E-state index in [0.29, 0.717) is 16.9 Å². The van der Waals surface area contributed by atoms with E-state index in [0.717, 1.165) is 0 Å². The van der Waals surface area contributed by atoms with Gasteiger partial charge in [0.15, 0.2) is 17.3 Å². The number of carbonyl (C=O) groups excluding carboxylic acids is 1. The molecule has 2 aromatic rings. The second kappa shape index (κ2) is 4.39. The Morgan fingerprint density at radius 2 is 2.00 bits per heavy atom. The highest BCUT2D eigenvalue weighted by Gasteiger charge is 2.27. The first kappa shape index (κ1) is 11.7. The minimum Gasteiger partial charge on any atom is -0.505 e. The first-order chi connectivity index (χ1) is 9.15. The van der Waals surface area contributed by atoms with Crippen LogP contribution in [0, 0.1) is 5.82 Å². The van der Waals surface area contributed by atoms with Crippen LogP contribution in [0.25, 0.3) is 0 Å². The number of hydrogen-bond acceptors (Lipinski definition) is 3. The van der Waals surface area contributed by atoms with E-state index in [1.54, 1.807) is 30.3 Å². The summed E-state index contributed by atoms with van der Waals surface area (Å²) in [6.45, 7) is 0. The molecule has 0 fully saturated rings. The molecule has 0 aromatic heterocycles. The highest BCUT2D eigenvalue weighted by Crippen LogP contribution is 2.35. The van der Waals surface area contributed by atoms with Gasteiger partial charge in [0, 0.05) is 0 Å². The minimum atomic E-state index is -0.715. The molecule has 0 aliphatic carbocycles. The minimum absolute atomic E-state index is 0.0275. The highest BCUT2D eigenvalue weighted by atomic mass is 19.1. The predicted molar refractivity (Wildman–Crippen MR) is 66.8 cm³/mol. The van der Waals surface area contributed by atoms with Crippen molar-refractivity contribution in [3.63, 3.8) is 0 Å². The lowest BCUT2D eigenvalue weighted by Gasteiger charge is -2.25. The molecule has 4 heteroatoms. The van der Waals surface area contributed by atoms with Crippen molar-refractivity contribution in [3.05, 3.63) is 59.4 Å². The Hall–Kier alpha value is -2.36. The Labute approximate surface area is 109 Å². The summed E-state index contributed by atoms with van der Waals surface area (Å²) in [6, 6.07) is 11.0. The second-order valence-electron chi connectivity index (χ2n) is 4.44. The van der Waals surface area contributed by atoms with Crippen molar-refractivity contribution in [1.29, 1.82) is 0 Å². The van der Waals surface area contributed by atoms with Crippen LogP contribution in [-0.2, 0) is 0 Å². The monoisotopic (exact) mass is 258 g/mol. The number of ketones is 1. The molecule has 0 spiro atoms. The number of carbonyl (C=O) groups is 1. The van der Waals surface area contributed by atoms with E-state index in [1.165, 1.54) is 12.1 Å². The number of ether oxygens (including phenoxy) is 1. The second-order valence-corrected chi connectivity index (χ2v) is 4.44. The zero-order chi connectivity index (χ0) is 13.4. The fraction of sp³-hybridized carbons (Fsp3) is 0.133. The molecule has 1 heterocycles. The van der Waals surface area contributed by atoms with Crippen LogP contribution in [0.2, 0.25) is 0 Å². The molecule has 0 saturated carbocycles. The Morgan fingerprint density at radius 3 is 2.79 bits per heavy atom. The Bertz CT molecular complexity index is 652. The maximum absolute atomic E-state index is 13.3. The summed E-state index contributed by atoms with van der Waals surface area (Å²) < 4.78 is 19.1. The SMILES string of the molecule is O=C1CC(c2ccc(O)c(F)c2)Oc2ccccc21. The summed E-state index contributed by atoms with van der Waals surface area (Å²) >= 11 is 0. The Balaban J connectivity index is 1.96. The zero-order valence-electron chi connectivity index (χ0n) is 9.97. The van der Waals surface area contributed by atoms with E-state index >= 15 is 0 Å². The lowest BCUT2D eigenvalue weighted by Crippen LogP contribution is -2.20. The van der Waals surface area contributed by atoms with E-state index in [-0.39, 0.29) is 12.2 Å². The number of benzene rings is 2. The summed E-state index contributed by atoms with van der Waals surface area (Å²) in [5, 5.41) is 9.17. The third-order valence-corrected chi connectivity index (χ3v) is 3.17. The number of fused-ring (bicyclic) bond motifs is 1. The predicted octanol–water partition coefficient (Wildman–Crippen LogP) is 3.24. The molecule has 96 valence electrons. The van der Waals surface area contributed by atoms with Gasteiger partial charge < -0.3 is 9.84 Å². The quantitative estimate of drug-likeness (QED) is 0.854. The van der Waals surface area contributed by atoms with Crippen LogP contribution < -0.4 is 4.74 Å². The fourth-order valence-electron chi connectivity index (χ4n) is 2.18. The summed E-state index contributed by atoms with van der Waals surface area (Å²) in [4.78, 5) is 12.0. The van der Waals surface area contributed by atoms with Gasteiger partial charge in [0.05, 0.1) is 12.0 Å². The Morgan fingerprint density at radius 1 is 1.21 bits per heavy atom. The standard InChI is InChI=1S/C15H11FO3/c16-11-7-9(5-6-12(11)17)15-8-13(18)10-3-1-2-4-14(10)19-15/h1-7,15,17H,8H2. The van der Waals surface area contributed by atoms with Crippen LogP contribution in [0.15, 0.2) is 42.5 Å². The average Bonchev–Trinajstić information content (AvgIpc) is 2.42. The summed E-state index contributed by atoms with van der Waals surface area (Å²) in [6.07, 6.45) is -0.348. The largest absolute Gasteiger partial charge is 0.505 e. The van der Waals surface area contributed by atoms with Crippen molar-refractivity contribution in [2.75, 3.05) is 0 Å². The van der Waals surface area contributed by atoms with Crippen LogP contribution in [0.3, 0.4) is 0 Å². The molecule has 19 heavy (non-hydrogen) atoms. The molecule has 3 nitrogen and oxygen atoms in total. The van der Waals surface area contributed by atoms with Crippen molar-refractivity contribution in [1.82, 2.24) is 0 Å². The van der Waals surface area contributed by atoms with E-state index in [1.807, 2.05) is 0 Å². The summed E-state index contributed by atoms with van der Waals surface area (Å²) in [5.74, 6) is -0.642. The van der Waals surface area contributed by atoms with Crippen molar-refractivity contribution in [2.24, 2.45) is 0 Å². The number of phenolic OH excluding ortho intramolecular Hbond substituents is 1. The lowest BCUT2D eigenvalue weighted by atomic mass is 9.96. The van der Waals surface area contributed by atoms with Gasteiger partial charge in [-0.1, -0.05) is 18.2 Å². The maximum Gasteiger partial charge on any atom is 0.170 e. The van der Waals surface area contributed by atoms with Gasteiger partial charge >= 0.3 is 0 Å². The normalized spacial score (nSPS) is 17.7. The van der Waals surface area contributed by atoms with Crippen LogP contribution >= 0.6 is 0 Å². The van der Waals surface area contributed by atoms with E-state index < -0.39 is 17.7 Å². The number of hydrogen-bond donors (Lipinski definition) is 1. The van der Waals surface area contributed by atoms with Crippen molar-refractivity contribution in [3.8, 4) is 11.5 Å². The van der Waals surface area contributed by atoms with Gasteiger partial charge in [-0.25, -0.2) is 4.39 Å². The molecule has 0 saturated heterocycles. The molecule has 0 amide bonds. The van der Waals surface area contributed by atoms with E-state index in [2.05, 4.69) is 0 Å². The highest BCUT2D eigenvalue weighted by molar-refractivity contribution is 5.99. The molecular formula is C15H11FO3. The average molecular weight is 258 g/mol. The van der Waals surface area contributed by atoms with Gasteiger partial charge in [-0.05, 0) is 29.8 Å². The molecule has 1 aliphatic heterocycles. The molecule has 0 bridgehead atoms. The van der Waals surface area contributed by atoms with Gasteiger partial charge in [0.1, 0.15) is 11.9 Å². The lowest BCUT2D eigenvalue weighted by molar-refractivity contribution is 0.0849. The molecule has 0 radical (unpaired) electrons. The van der Waals surface area contributed by atoms with Crippen molar-refractivity contribution in [2.45, 2.75) is 12.5 Å². The van der Waals surface area contributed by atoms with Gasteiger partial charge in [0.2, 0.25) is 0 Å². The van der Waals surface area contributed by atoms with Crippen LogP contribution in [0.1, 0.15) is 28.4 Å². The molecule has 2 aromatic carbocycles. The van der Waals surface area contributed by atoms with Crippen molar-refractivity contribution < 1.29 is 19.0 Å². The molecular weight excluding hydrogens is 247 g/mol. The van der Waals surface area contributed by atoms with Gasteiger partial charge in [-0.3, -0.25) is 4.79 Å². The third kappa shape index (κ3) is 2.05. The van der Waals surface area contributed by atoms with Crippen LogP contribution in [0.5, 0.6) is 11.5 Å². The molecule has 1 N–H and O–H groups in total. The molecule has 3 rings (SSSR count). The maximum atomic E-state index is 13.3. The van der Waals surface area contributed by atoms with Crippen LogP contribution in [-0.4, -0.2) is 10.9 Å². The van der Waals surface area contributed by atoms with Gasteiger partial charge in [-0.15, -0.1) is 0 Å². The summed E-state index contributed by atoms with van der Waals surface area (Å²) in [5.41, 5.74) is 1.09. The number of phenols is 1. The molecule has 1 aliphatic rings. The van der Waals surface area contributed by atoms with Gasteiger partial charge in [-0.2, -0.15) is 0 Å². The van der Waals surface area contributed by atoms with Gasteiger partial charge in [0.25, 0.3) is 0 Å². The number of Topliss-reactive ketones (excluding diaryl/α,β-unsaturated/α-hetero) is 1. The first-order valence-electron chi connectivity index (χ1n) is 5.92. The Kier molecular flexibility index (Phi) is 2.71. The summed E-state index contributed by atoms with van der Waals surface area (Å²) in [7, 11) is 0. The number of rotatable bonds is 1. The number of para-hydroxylation sites is 1. The van der Waals surface area contributed by atoms with Crippen molar-refractivity contribution >= 4 is 5.78 Å². The molecule has 1 unspecified atom stereocenters. The molecule has 1 atom stereocenters. The van der Waals surface area contributed by atoms with Crippen LogP contribution in [0.4, 0.5) is 4.39 Å². The third-order valence-electron chi connectivity index (χ3n) is 3.17. The number of aromatic hydroxyl groups is 1. The first-order valence-corrected chi connectivity index (χ1v) is 5.92. The zero-order valence-corrected chi connectivity index (χ0v) is 9.97. The topological polar surface area (TPSA) is 46.5 Å².